The molecule has 3 unspecified atom stereocenters. The lowest BCUT2D eigenvalue weighted by atomic mass is 9.94. The van der Waals surface area contributed by atoms with Crippen LogP contribution in [-0.4, -0.2) is 17.5 Å². The summed E-state index contributed by atoms with van der Waals surface area (Å²) < 4.78 is 7.15. The van der Waals surface area contributed by atoms with Crippen LogP contribution in [0.5, 0.6) is 0 Å². The molecule has 0 bridgehead atoms. The fraction of sp³-hybridized carbons (Fsp3) is 0.600. The van der Waals surface area contributed by atoms with Crippen LogP contribution >= 0.6 is 31.9 Å². The van der Waals surface area contributed by atoms with Gasteiger partial charge < -0.3 is 4.74 Å². The van der Waals surface area contributed by atoms with E-state index in [4.69, 9.17) is 4.74 Å². The zero-order valence-corrected chi connectivity index (χ0v) is 13.9. The molecule has 1 aliphatic heterocycles. The number of alkyl halides is 1. The maximum atomic E-state index is 5.93. The molecular weight excluding hydrogens is 356 g/mol. The largest absolute Gasteiger partial charge is 0.375 e. The molecule has 0 aromatic heterocycles. The highest BCUT2D eigenvalue weighted by molar-refractivity contribution is 9.10. The van der Waals surface area contributed by atoms with Gasteiger partial charge in [0.1, 0.15) is 0 Å². The second kappa shape index (κ2) is 7.06. The Morgan fingerprint density at radius 2 is 2.11 bits per heavy atom. The van der Waals surface area contributed by atoms with Crippen molar-refractivity contribution in [3.05, 3.63) is 34.3 Å². The van der Waals surface area contributed by atoms with Crippen LogP contribution in [0.1, 0.15) is 31.7 Å². The Labute approximate surface area is 127 Å². The number of hydrogen-bond acceptors (Lipinski definition) is 1. The molecule has 0 saturated carbocycles. The summed E-state index contributed by atoms with van der Waals surface area (Å²) in [5.41, 5.74) is 1.40. The van der Waals surface area contributed by atoms with Gasteiger partial charge in [0.05, 0.1) is 12.2 Å². The minimum absolute atomic E-state index is 0.453. The van der Waals surface area contributed by atoms with Crippen LogP contribution in [0.3, 0.4) is 0 Å². The van der Waals surface area contributed by atoms with Crippen LogP contribution in [0.25, 0.3) is 0 Å². The van der Waals surface area contributed by atoms with E-state index in [2.05, 4.69) is 63.0 Å². The van der Waals surface area contributed by atoms with Crippen molar-refractivity contribution in [1.82, 2.24) is 0 Å². The lowest BCUT2D eigenvalue weighted by Gasteiger charge is -2.19. The summed E-state index contributed by atoms with van der Waals surface area (Å²) in [6.45, 7) is 2.18. The van der Waals surface area contributed by atoms with Gasteiger partial charge in [0.15, 0.2) is 0 Å². The van der Waals surface area contributed by atoms with E-state index >= 15 is 0 Å². The van der Waals surface area contributed by atoms with E-state index in [1.54, 1.807) is 0 Å². The second-order valence-electron chi connectivity index (χ2n) is 5.20. The fourth-order valence-electron chi connectivity index (χ4n) is 2.61. The Bertz CT molecular complexity index is 381. The number of halogens is 2. The Hall–Kier alpha value is 0.140. The van der Waals surface area contributed by atoms with E-state index in [1.807, 2.05) is 0 Å². The van der Waals surface area contributed by atoms with Gasteiger partial charge in [-0.15, -0.1) is 0 Å². The van der Waals surface area contributed by atoms with E-state index in [1.165, 1.54) is 22.9 Å². The monoisotopic (exact) mass is 374 g/mol. The van der Waals surface area contributed by atoms with Crippen molar-refractivity contribution in [2.75, 3.05) is 5.33 Å². The molecular formula is C15H20Br2O. The van der Waals surface area contributed by atoms with Crippen LogP contribution in [-0.2, 0) is 11.2 Å². The second-order valence-corrected chi connectivity index (χ2v) is 6.70. The van der Waals surface area contributed by atoms with Gasteiger partial charge in [-0.05, 0) is 50.2 Å². The lowest BCUT2D eigenvalue weighted by molar-refractivity contribution is 0.0428. The molecule has 1 aliphatic rings. The molecule has 1 saturated heterocycles. The Balaban J connectivity index is 1.91. The Morgan fingerprint density at radius 1 is 1.33 bits per heavy atom. The molecule has 3 atom stereocenters. The highest BCUT2D eigenvalue weighted by Gasteiger charge is 2.24. The summed E-state index contributed by atoms with van der Waals surface area (Å²) in [6, 6.07) is 8.50. The summed E-state index contributed by atoms with van der Waals surface area (Å²) in [4.78, 5) is 0. The zero-order chi connectivity index (χ0) is 13.0. The molecule has 0 aliphatic carbocycles. The number of hydrogen-bond donors (Lipinski definition) is 0. The van der Waals surface area contributed by atoms with E-state index in [0.29, 0.717) is 18.1 Å². The molecule has 1 aromatic rings. The number of benzene rings is 1. The normalized spacial score (nSPS) is 25.3. The molecule has 3 heteroatoms. The lowest BCUT2D eigenvalue weighted by Crippen LogP contribution is -2.17. The third-order valence-corrected chi connectivity index (χ3v) is 5.29. The van der Waals surface area contributed by atoms with Crippen molar-refractivity contribution in [2.45, 2.75) is 44.8 Å². The van der Waals surface area contributed by atoms with Gasteiger partial charge in [0.2, 0.25) is 0 Å². The van der Waals surface area contributed by atoms with E-state index in [-0.39, 0.29) is 0 Å². The fourth-order valence-corrected chi connectivity index (χ4v) is 3.55. The average Bonchev–Trinajstić information content (AvgIpc) is 2.76. The average molecular weight is 376 g/mol. The number of rotatable bonds is 5. The topological polar surface area (TPSA) is 9.23 Å². The van der Waals surface area contributed by atoms with Gasteiger partial charge in [0, 0.05) is 9.80 Å². The molecule has 18 heavy (non-hydrogen) atoms. The summed E-state index contributed by atoms with van der Waals surface area (Å²) >= 11 is 7.28. The van der Waals surface area contributed by atoms with Crippen molar-refractivity contribution in [2.24, 2.45) is 5.92 Å². The molecule has 0 N–H and O–H groups in total. The first-order valence-electron chi connectivity index (χ1n) is 6.64. The quantitative estimate of drug-likeness (QED) is 0.661. The summed E-state index contributed by atoms with van der Waals surface area (Å²) in [6.07, 6.45) is 5.63. The minimum atomic E-state index is 0.453. The molecule has 0 spiro atoms. The Morgan fingerprint density at radius 3 is 2.72 bits per heavy atom. The van der Waals surface area contributed by atoms with Crippen molar-refractivity contribution in [3.63, 3.8) is 0 Å². The first-order valence-corrected chi connectivity index (χ1v) is 8.55. The van der Waals surface area contributed by atoms with Crippen LogP contribution in [0.15, 0.2) is 28.7 Å². The minimum Gasteiger partial charge on any atom is -0.375 e. The van der Waals surface area contributed by atoms with Gasteiger partial charge in [-0.1, -0.05) is 50.1 Å². The van der Waals surface area contributed by atoms with Gasteiger partial charge in [-0.2, -0.15) is 0 Å². The predicted molar refractivity (Wildman–Crippen MR) is 83.3 cm³/mol. The molecule has 0 amide bonds. The third kappa shape index (κ3) is 4.07. The zero-order valence-electron chi connectivity index (χ0n) is 10.7. The van der Waals surface area contributed by atoms with E-state index < -0.39 is 0 Å². The number of ether oxygens (including phenoxy) is 1. The van der Waals surface area contributed by atoms with Crippen LogP contribution in [0, 0.1) is 5.92 Å². The molecule has 100 valence electrons. The van der Waals surface area contributed by atoms with Crippen LogP contribution in [0.2, 0.25) is 0 Å². The van der Waals surface area contributed by atoms with Crippen molar-refractivity contribution in [3.8, 4) is 0 Å². The van der Waals surface area contributed by atoms with E-state index in [0.717, 1.165) is 18.2 Å². The molecule has 0 radical (unpaired) electrons. The maximum absolute atomic E-state index is 5.93. The first kappa shape index (κ1) is 14.5. The van der Waals surface area contributed by atoms with Crippen molar-refractivity contribution in [1.29, 1.82) is 0 Å². The predicted octanol–water partition coefficient (Wildman–Crippen LogP) is 4.96. The van der Waals surface area contributed by atoms with Crippen LogP contribution < -0.4 is 0 Å². The highest BCUT2D eigenvalue weighted by atomic mass is 79.9. The summed E-state index contributed by atoms with van der Waals surface area (Å²) in [5.74, 6) is 0.652. The van der Waals surface area contributed by atoms with Gasteiger partial charge >= 0.3 is 0 Å². The highest BCUT2D eigenvalue weighted by Crippen LogP contribution is 2.28. The van der Waals surface area contributed by atoms with Crippen molar-refractivity contribution >= 4 is 31.9 Å². The van der Waals surface area contributed by atoms with Gasteiger partial charge in [-0.25, -0.2) is 0 Å². The summed E-state index contributed by atoms with van der Waals surface area (Å²) in [5, 5.41) is 1.04. The molecule has 1 nitrogen and oxygen atoms in total. The SMILES string of the molecule is CC1CCC(CC(CBr)Cc2ccccc2Br)O1. The third-order valence-electron chi connectivity index (χ3n) is 3.60. The van der Waals surface area contributed by atoms with Gasteiger partial charge in [-0.3, -0.25) is 0 Å². The van der Waals surface area contributed by atoms with Crippen LogP contribution in [0.4, 0.5) is 0 Å². The van der Waals surface area contributed by atoms with E-state index in [9.17, 15) is 0 Å². The van der Waals surface area contributed by atoms with Gasteiger partial charge in [0.25, 0.3) is 0 Å². The maximum Gasteiger partial charge on any atom is 0.0582 e. The molecule has 1 heterocycles. The molecule has 2 rings (SSSR count). The standard InChI is InChI=1S/C15H20Br2O/c1-11-6-7-14(18-11)9-12(10-16)8-13-4-2-3-5-15(13)17/h2-5,11-12,14H,6-10H2,1H3. The molecule has 1 aromatic carbocycles. The first-order chi connectivity index (χ1) is 8.69. The molecule has 1 fully saturated rings. The smallest absolute Gasteiger partial charge is 0.0582 e. The summed E-state index contributed by atoms with van der Waals surface area (Å²) in [7, 11) is 0. The Kier molecular flexibility index (Phi) is 5.71. The van der Waals surface area contributed by atoms with Crippen molar-refractivity contribution < 1.29 is 4.74 Å².